The highest BCUT2D eigenvalue weighted by atomic mass is 32.2. The molecule has 1 aromatic carbocycles. The van der Waals surface area contributed by atoms with Crippen LogP contribution in [0.15, 0.2) is 39.0 Å². The summed E-state index contributed by atoms with van der Waals surface area (Å²) in [5, 5.41) is 0.722. The molecule has 0 spiro atoms. The molecular weight excluding hydrogens is 312 g/mol. The minimum Gasteiger partial charge on any atom is -0.308 e. The average molecular weight is 330 g/mol. The Morgan fingerprint density at radius 1 is 1.09 bits per heavy atom. The number of aryl methyl sites for hydroxylation is 3. The van der Waals surface area contributed by atoms with E-state index in [9.17, 15) is 9.59 Å². The van der Waals surface area contributed by atoms with Crippen molar-refractivity contribution in [3.63, 3.8) is 0 Å². The predicted molar refractivity (Wildman–Crippen MR) is 91.9 cm³/mol. The third kappa shape index (κ3) is 2.61. The molecule has 0 saturated carbocycles. The van der Waals surface area contributed by atoms with Crippen molar-refractivity contribution >= 4 is 22.9 Å². The Morgan fingerprint density at radius 3 is 2.52 bits per heavy atom. The third-order valence-electron chi connectivity index (χ3n) is 3.87. The van der Waals surface area contributed by atoms with Gasteiger partial charge in [0.25, 0.3) is 5.56 Å². The van der Waals surface area contributed by atoms with Crippen LogP contribution in [0.4, 0.5) is 0 Å². The van der Waals surface area contributed by atoms with Gasteiger partial charge in [0.2, 0.25) is 0 Å². The van der Waals surface area contributed by atoms with Gasteiger partial charge >= 0.3 is 5.69 Å². The minimum atomic E-state index is -0.360. The summed E-state index contributed by atoms with van der Waals surface area (Å²) in [5.74, 6) is 0.757. The maximum Gasteiger partial charge on any atom is 0.332 e. The first-order chi connectivity index (χ1) is 10.9. The fraction of sp³-hybridized carbons (Fsp3) is 0.312. The summed E-state index contributed by atoms with van der Waals surface area (Å²) >= 11 is 1.55. The second-order valence-corrected chi connectivity index (χ2v) is 6.55. The van der Waals surface area contributed by atoms with Gasteiger partial charge in [-0.1, -0.05) is 41.6 Å². The minimum absolute atomic E-state index is 0.323. The first-order valence-electron chi connectivity index (χ1n) is 7.21. The van der Waals surface area contributed by atoms with Crippen molar-refractivity contribution in [3.8, 4) is 0 Å². The summed E-state index contributed by atoms with van der Waals surface area (Å²) in [5.41, 5.74) is 2.57. The molecule has 0 bridgehead atoms. The summed E-state index contributed by atoms with van der Waals surface area (Å²) in [4.78, 5) is 28.8. The quantitative estimate of drug-likeness (QED) is 0.684. The molecular formula is C16H18N4O2S. The van der Waals surface area contributed by atoms with Gasteiger partial charge in [-0.3, -0.25) is 13.9 Å². The molecule has 0 fully saturated rings. The molecule has 0 unspecified atom stereocenters. The van der Waals surface area contributed by atoms with Crippen molar-refractivity contribution in [1.29, 1.82) is 0 Å². The molecule has 0 aliphatic heterocycles. The Balaban J connectivity index is 2.04. The molecule has 120 valence electrons. The van der Waals surface area contributed by atoms with Gasteiger partial charge in [-0.25, -0.2) is 9.78 Å². The predicted octanol–water partition coefficient (Wildman–Crippen LogP) is 1.57. The normalized spacial score (nSPS) is 11.3. The Hall–Kier alpha value is -2.28. The summed E-state index contributed by atoms with van der Waals surface area (Å²) < 4.78 is 4.35. The topological polar surface area (TPSA) is 61.8 Å². The zero-order chi connectivity index (χ0) is 16.7. The number of fused-ring (bicyclic) bond motifs is 1. The second-order valence-electron chi connectivity index (χ2n) is 5.61. The van der Waals surface area contributed by atoms with Crippen LogP contribution >= 0.6 is 11.8 Å². The summed E-state index contributed by atoms with van der Waals surface area (Å²) in [7, 11) is 4.95. The maximum absolute atomic E-state index is 12.3. The first-order valence-corrected chi connectivity index (χ1v) is 8.19. The van der Waals surface area contributed by atoms with Gasteiger partial charge in [-0.2, -0.15) is 0 Å². The fourth-order valence-corrected chi connectivity index (χ4v) is 3.55. The smallest absolute Gasteiger partial charge is 0.308 e. The molecule has 0 amide bonds. The van der Waals surface area contributed by atoms with E-state index in [4.69, 9.17) is 0 Å². The van der Waals surface area contributed by atoms with Crippen LogP contribution in [0, 0.1) is 6.92 Å². The number of rotatable bonds is 3. The van der Waals surface area contributed by atoms with Crippen LogP contribution in [0.2, 0.25) is 0 Å². The number of thioether (sulfide) groups is 1. The van der Waals surface area contributed by atoms with Crippen LogP contribution in [-0.4, -0.2) is 18.7 Å². The molecule has 0 N–H and O–H groups in total. The average Bonchev–Trinajstić information content (AvgIpc) is 2.86. The number of hydrogen-bond donors (Lipinski definition) is 0. The standard InChI is InChI=1S/C16H18N4O2S/c1-10-6-5-7-11(8-10)9-23-15-17-12-13(18(15)2)19(3)16(22)20(4)14(12)21/h5-8H,9H2,1-4H3. The first kappa shape index (κ1) is 15.6. The van der Waals surface area contributed by atoms with Crippen LogP contribution < -0.4 is 11.2 Å². The van der Waals surface area contributed by atoms with Gasteiger partial charge in [0.1, 0.15) is 0 Å². The summed E-state index contributed by atoms with van der Waals surface area (Å²) in [6, 6.07) is 8.28. The van der Waals surface area contributed by atoms with E-state index in [0.717, 1.165) is 15.5 Å². The summed E-state index contributed by atoms with van der Waals surface area (Å²) in [6.07, 6.45) is 0. The molecule has 23 heavy (non-hydrogen) atoms. The monoisotopic (exact) mass is 330 g/mol. The Kier molecular flexibility index (Phi) is 3.89. The highest BCUT2D eigenvalue weighted by molar-refractivity contribution is 7.98. The van der Waals surface area contributed by atoms with Crippen LogP contribution in [0.3, 0.4) is 0 Å². The second kappa shape index (κ2) is 5.73. The SMILES string of the molecule is Cc1cccc(CSc2nc3c(=O)n(C)c(=O)n(C)c3n2C)c1. The third-order valence-corrected chi connectivity index (χ3v) is 4.97. The van der Waals surface area contributed by atoms with Gasteiger partial charge in [0, 0.05) is 26.9 Å². The molecule has 0 aliphatic rings. The van der Waals surface area contributed by atoms with E-state index in [1.807, 2.05) is 13.1 Å². The molecule has 2 aromatic heterocycles. The molecule has 0 atom stereocenters. The highest BCUT2D eigenvalue weighted by Gasteiger charge is 2.17. The van der Waals surface area contributed by atoms with Crippen LogP contribution in [0.5, 0.6) is 0 Å². The Bertz CT molecular complexity index is 1010. The van der Waals surface area contributed by atoms with Crippen LogP contribution in [0.1, 0.15) is 11.1 Å². The number of benzene rings is 1. The van der Waals surface area contributed by atoms with E-state index in [-0.39, 0.29) is 11.2 Å². The van der Waals surface area contributed by atoms with Crippen molar-refractivity contribution in [1.82, 2.24) is 18.7 Å². The van der Waals surface area contributed by atoms with Gasteiger partial charge < -0.3 is 4.57 Å². The van der Waals surface area contributed by atoms with Crippen LogP contribution in [-0.2, 0) is 26.9 Å². The molecule has 0 radical (unpaired) electrons. The van der Waals surface area contributed by atoms with Gasteiger partial charge in [-0.05, 0) is 12.5 Å². The van der Waals surface area contributed by atoms with Crippen molar-refractivity contribution < 1.29 is 0 Å². The molecule has 7 heteroatoms. The van der Waals surface area contributed by atoms with Gasteiger partial charge in [0.15, 0.2) is 16.3 Å². The lowest BCUT2D eigenvalue weighted by Crippen LogP contribution is -2.37. The lowest BCUT2D eigenvalue weighted by Gasteiger charge is -2.06. The van der Waals surface area contributed by atoms with E-state index < -0.39 is 0 Å². The zero-order valence-electron chi connectivity index (χ0n) is 13.5. The zero-order valence-corrected chi connectivity index (χ0v) is 14.3. The molecule has 2 heterocycles. The van der Waals surface area contributed by atoms with E-state index in [0.29, 0.717) is 11.2 Å². The van der Waals surface area contributed by atoms with Crippen molar-refractivity contribution in [3.05, 3.63) is 56.2 Å². The number of imidazole rings is 1. The molecule has 0 aliphatic carbocycles. The van der Waals surface area contributed by atoms with E-state index >= 15 is 0 Å². The van der Waals surface area contributed by atoms with Crippen molar-refractivity contribution in [2.24, 2.45) is 21.1 Å². The van der Waals surface area contributed by atoms with Gasteiger partial charge in [-0.15, -0.1) is 0 Å². The maximum atomic E-state index is 12.3. The van der Waals surface area contributed by atoms with E-state index in [1.165, 1.54) is 22.7 Å². The largest absolute Gasteiger partial charge is 0.332 e. The molecule has 0 saturated heterocycles. The van der Waals surface area contributed by atoms with Crippen molar-refractivity contribution in [2.75, 3.05) is 0 Å². The summed E-state index contributed by atoms with van der Waals surface area (Å²) in [6.45, 7) is 2.06. The lowest BCUT2D eigenvalue weighted by molar-refractivity contribution is 0.690. The lowest BCUT2D eigenvalue weighted by atomic mass is 10.2. The van der Waals surface area contributed by atoms with Crippen LogP contribution in [0.25, 0.3) is 11.2 Å². The van der Waals surface area contributed by atoms with Gasteiger partial charge in [0.05, 0.1) is 0 Å². The number of nitrogens with zero attached hydrogens (tertiary/aromatic N) is 4. The molecule has 3 rings (SSSR count). The van der Waals surface area contributed by atoms with E-state index in [1.54, 1.807) is 23.4 Å². The molecule has 3 aromatic rings. The number of hydrogen-bond acceptors (Lipinski definition) is 4. The molecule has 6 nitrogen and oxygen atoms in total. The fourth-order valence-electron chi connectivity index (χ4n) is 2.64. The van der Waals surface area contributed by atoms with Crippen molar-refractivity contribution in [2.45, 2.75) is 17.8 Å². The highest BCUT2D eigenvalue weighted by Crippen LogP contribution is 2.24. The van der Waals surface area contributed by atoms with E-state index in [2.05, 4.69) is 30.1 Å². The Labute approximate surface area is 137 Å². The Morgan fingerprint density at radius 2 is 1.83 bits per heavy atom. The number of aromatic nitrogens is 4.